The first kappa shape index (κ1) is 22.7. The van der Waals surface area contributed by atoms with Crippen molar-refractivity contribution >= 4 is 23.7 Å². The monoisotopic (exact) mass is 470 g/mol. The average molecular weight is 471 g/mol. The van der Waals surface area contributed by atoms with Crippen LogP contribution in [0.3, 0.4) is 0 Å². The third-order valence-electron chi connectivity index (χ3n) is 6.60. The summed E-state index contributed by atoms with van der Waals surface area (Å²) in [5.41, 5.74) is 4.95. The number of hydrogen-bond acceptors (Lipinski definition) is 4. The maximum Gasteiger partial charge on any atom is 0.407 e. The minimum absolute atomic E-state index is 0.0389. The van der Waals surface area contributed by atoms with Crippen LogP contribution >= 0.6 is 0 Å². The van der Waals surface area contributed by atoms with Crippen molar-refractivity contribution in [1.29, 1.82) is 0 Å². The van der Waals surface area contributed by atoms with Crippen molar-refractivity contribution in [1.82, 2.24) is 5.32 Å². The van der Waals surface area contributed by atoms with Gasteiger partial charge in [0, 0.05) is 11.6 Å². The fraction of sp³-hybridized carbons (Fsp3) is 0.250. The number of amides is 2. The number of carbonyl (C=O) groups excluding carboxylic acids is 2. The molecular weight excluding hydrogens is 444 g/mol. The first-order chi connectivity index (χ1) is 17.0. The normalized spacial score (nSPS) is 15.0. The zero-order valence-electron chi connectivity index (χ0n) is 19.1. The van der Waals surface area contributed by atoms with Gasteiger partial charge in [-0.2, -0.15) is 0 Å². The highest BCUT2D eigenvalue weighted by molar-refractivity contribution is 6.02. The number of nitrogens with zero attached hydrogens (tertiary/aromatic N) is 1. The van der Waals surface area contributed by atoms with Crippen LogP contribution in [0.15, 0.2) is 78.9 Å². The van der Waals surface area contributed by atoms with Gasteiger partial charge in [-0.1, -0.05) is 66.7 Å². The zero-order chi connectivity index (χ0) is 24.4. The topological polar surface area (TPSA) is 95.9 Å². The third-order valence-corrected chi connectivity index (χ3v) is 6.60. The van der Waals surface area contributed by atoms with Gasteiger partial charge in [0.1, 0.15) is 19.2 Å². The summed E-state index contributed by atoms with van der Waals surface area (Å²) >= 11 is 0. The summed E-state index contributed by atoms with van der Waals surface area (Å²) in [4.78, 5) is 38.9. The molecule has 1 saturated carbocycles. The summed E-state index contributed by atoms with van der Waals surface area (Å²) in [6.45, 7) is -0.346. The van der Waals surface area contributed by atoms with E-state index < -0.39 is 30.6 Å². The van der Waals surface area contributed by atoms with E-state index in [2.05, 4.69) is 17.4 Å². The smallest absolute Gasteiger partial charge is 0.407 e. The summed E-state index contributed by atoms with van der Waals surface area (Å²) < 4.78 is 5.63. The van der Waals surface area contributed by atoms with Crippen molar-refractivity contribution in [3.05, 3.63) is 90.0 Å². The summed E-state index contributed by atoms with van der Waals surface area (Å²) in [6.07, 6.45) is 0.895. The molecule has 7 nitrogen and oxygen atoms in total. The molecule has 0 aliphatic heterocycles. The molecule has 1 fully saturated rings. The first-order valence-electron chi connectivity index (χ1n) is 11.7. The predicted molar refractivity (Wildman–Crippen MR) is 131 cm³/mol. The second-order valence-electron chi connectivity index (χ2n) is 8.94. The van der Waals surface area contributed by atoms with Gasteiger partial charge in [-0.25, -0.2) is 4.79 Å². The van der Waals surface area contributed by atoms with Crippen molar-refractivity contribution in [3.63, 3.8) is 0 Å². The maximum absolute atomic E-state index is 13.4. The molecule has 2 aliphatic carbocycles. The lowest BCUT2D eigenvalue weighted by Crippen LogP contribution is -2.51. The number of anilines is 1. The van der Waals surface area contributed by atoms with Crippen molar-refractivity contribution in [2.45, 2.75) is 24.8 Å². The number of carboxylic acids is 1. The quantitative estimate of drug-likeness (QED) is 0.508. The number of ether oxygens (including phenoxy) is 1. The fourth-order valence-electron chi connectivity index (χ4n) is 4.79. The first-order valence-corrected chi connectivity index (χ1v) is 11.7. The lowest BCUT2D eigenvalue weighted by molar-refractivity contribution is -0.137. The van der Waals surface area contributed by atoms with E-state index in [9.17, 15) is 19.5 Å². The predicted octanol–water partition coefficient (Wildman–Crippen LogP) is 4.42. The number of fused-ring (bicyclic) bond motifs is 3. The number of alkyl carbamates (subject to hydrolysis) is 1. The van der Waals surface area contributed by atoms with Crippen LogP contribution in [0.5, 0.6) is 0 Å². The molecule has 7 heteroatoms. The molecule has 0 heterocycles. The Morgan fingerprint density at radius 3 is 2.03 bits per heavy atom. The molecule has 178 valence electrons. The van der Waals surface area contributed by atoms with Crippen molar-refractivity contribution in [2.75, 3.05) is 18.1 Å². The lowest BCUT2D eigenvalue weighted by Gasteiger charge is -2.27. The summed E-state index contributed by atoms with van der Waals surface area (Å²) in [5, 5.41) is 12.1. The second kappa shape index (κ2) is 9.62. The number of carboxylic acid groups (broad SMARTS) is 1. The highest BCUT2D eigenvalue weighted by Gasteiger charge is 2.41. The second-order valence-corrected chi connectivity index (χ2v) is 8.94. The van der Waals surface area contributed by atoms with Crippen LogP contribution in [-0.4, -0.2) is 42.3 Å². The minimum Gasteiger partial charge on any atom is -0.480 e. The summed E-state index contributed by atoms with van der Waals surface area (Å²) in [7, 11) is 0. The molecule has 2 amide bonds. The zero-order valence-corrected chi connectivity index (χ0v) is 19.1. The molecule has 0 saturated heterocycles. The van der Waals surface area contributed by atoms with E-state index in [1.165, 1.54) is 4.90 Å². The molecule has 0 spiro atoms. The number of rotatable bonds is 8. The molecule has 5 rings (SSSR count). The van der Waals surface area contributed by atoms with Crippen LogP contribution in [0.25, 0.3) is 11.1 Å². The standard InChI is InChI=1S/C28H26N2O5/c31-25(32)16-30(19-8-2-1-3-9-19)27(33)26(18-14-15-18)29-28(34)35-17-24-22-12-6-4-10-20(22)21-11-5-7-13-23(21)24/h1-13,18,24,26H,14-17H2,(H,29,34)(H,31,32). The Kier molecular flexibility index (Phi) is 6.23. The Hall–Kier alpha value is -4.13. The Balaban J connectivity index is 1.29. The van der Waals surface area contributed by atoms with E-state index >= 15 is 0 Å². The van der Waals surface area contributed by atoms with E-state index in [1.54, 1.807) is 30.3 Å². The fourth-order valence-corrected chi connectivity index (χ4v) is 4.79. The highest BCUT2D eigenvalue weighted by atomic mass is 16.5. The van der Waals surface area contributed by atoms with Gasteiger partial charge in [0.25, 0.3) is 5.91 Å². The highest BCUT2D eigenvalue weighted by Crippen LogP contribution is 2.44. The van der Waals surface area contributed by atoms with Crippen molar-refractivity contribution in [3.8, 4) is 11.1 Å². The van der Waals surface area contributed by atoms with Gasteiger partial charge in [-0.3, -0.25) is 14.5 Å². The number of para-hydroxylation sites is 1. The number of nitrogens with one attached hydrogen (secondary N) is 1. The SMILES string of the molecule is O=C(O)CN(C(=O)C(NC(=O)OCC1c2ccccc2-c2ccccc21)C1CC1)c1ccccc1. The van der Waals surface area contributed by atoms with Crippen molar-refractivity contribution < 1.29 is 24.2 Å². The molecule has 0 radical (unpaired) electrons. The van der Waals surface area contributed by atoms with Crippen molar-refractivity contribution in [2.24, 2.45) is 5.92 Å². The van der Waals surface area contributed by atoms with Crippen LogP contribution in [-0.2, 0) is 14.3 Å². The van der Waals surface area contributed by atoms with Crippen LogP contribution in [0.2, 0.25) is 0 Å². The van der Waals surface area contributed by atoms with Gasteiger partial charge in [-0.15, -0.1) is 0 Å². The van der Waals surface area contributed by atoms with E-state index in [0.29, 0.717) is 5.69 Å². The molecule has 2 aliphatic rings. The van der Waals surface area contributed by atoms with Gasteiger partial charge in [0.15, 0.2) is 0 Å². The Morgan fingerprint density at radius 1 is 0.886 bits per heavy atom. The summed E-state index contributed by atoms with van der Waals surface area (Å²) in [6, 6.07) is 23.9. The van der Waals surface area contributed by atoms with E-state index in [-0.39, 0.29) is 18.4 Å². The Morgan fingerprint density at radius 2 is 1.46 bits per heavy atom. The Bertz CT molecular complexity index is 1210. The molecule has 3 aromatic rings. The van der Waals surface area contributed by atoms with Crippen LogP contribution in [0, 0.1) is 5.92 Å². The van der Waals surface area contributed by atoms with E-state index in [0.717, 1.165) is 35.1 Å². The summed E-state index contributed by atoms with van der Waals surface area (Å²) in [5.74, 6) is -1.70. The van der Waals surface area contributed by atoms with Gasteiger partial charge in [-0.05, 0) is 53.1 Å². The largest absolute Gasteiger partial charge is 0.480 e. The maximum atomic E-state index is 13.4. The van der Waals surface area contributed by atoms with E-state index in [4.69, 9.17) is 4.74 Å². The van der Waals surface area contributed by atoms with Crippen LogP contribution in [0.4, 0.5) is 10.5 Å². The molecular formula is C28H26N2O5. The number of carbonyl (C=O) groups is 3. The van der Waals surface area contributed by atoms with Gasteiger partial charge in [0.2, 0.25) is 0 Å². The minimum atomic E-state index is -1.13. The molecule has 1 atom stereocenters. The van der Waals surface area contributed by atoms with Crippen LogP contribution in [0.1, 0.15) is 29.9 Å². The lowest BCUT2D eigenvalue weighted by atomic mass is 9.98. The van der Waals surface area contributed by atoms with Crippen LogP contribution < -0.4 is 10.2 Å². The number of hydrogen-bond donors (Lipinski definition) is 2. The molecule has 0 aromatic heterocycles. The van der Waals surface area contributed by atoms with Gasteiger partial charge >= 0.3 is 12.1 Å². The third kappa shape index (κ3) is 4.75. The van der Waals surface area contributed by atoms with E-state index in [1.807, 2.05) is 36.4 Å². The van der Waals surface area contributed by atoms with Gasteiger partial charge < -0.3 is 15.2 Å². The molecule has 1 unspecified atom stereocenters. The average Bonchev–Trinajstić information content (AvgIpc) is 3.67. The Labute approximate surface area is 203 Å². The van der Waals surface area contributed by atoms with Gasteiger partial charge in [0.05, 0.1) is 0 Å². The molecule has 3 aromatic carbocycles. The number of benzene rings is 3. The molecule has 0 bridgehead atoms. The number of aliphatic carboxylic acids is 1. The molecule has 35 heavy (non-hydrogen) atoms. The molecule has 2 N–H and O–H groups in total.